The lowest BCUT2D eigenvalue weighted by Gasteiger charge is -2.27. The highest BCUT2D eigenvalue weighted by molar-refractivity contribution is 9.10. The van der Waals surface area contributed by atoms with Crippen molar-refractivity contribution in [2.24, 2.45) is 5.92 Å². The molecule has 0 atom stereocenters. The molecule has 0 amide bonds. The maximum atomic E-state index is 11.5. The summed E-state index contributed by atoms with van der Waals surface area (Å²) in [5.74, 6) is 1.47. The second kappa shape index (κ2) is 9.78. The second-order valence-corrected chi connectivity index (χ2v) is 6.62. The summed E-state index contributed by atoms with van der Waals surface area (Å²) in [5.41, 5.74) is 0. The van der Waals surface area contributed by atoms with Crippen LogP contribution in [0.25, 0.3) is 0 Å². The van der Waals surface area contributed by atoms with E-state index in [9.17, 15) is 4.79 Å². The van der Waals surface area contributed by atoms with Crippen LogP contribution >= 0.6 is 15.9 Å². The molecular formula is C16H25BrN4O3. The van der Waals surface area contributed by atoms with Crippen LogP contribution in [0.3, 0.4) is 0 Å². The molecule has 1 heterocycles. The molecule has 24 heavy (non-hydrogen) atoms. The minimum absolute atomic E-state index is 0.0672. The third-order valence-electron chi connectivity index (χ3n) is 4.13. The van der Waals surface area contributed by atoms with Crippen molar-refractivity contribution in [1.82, 2.24) is 9.97 Å². The average Bonchev–Trinajstić information content (AvgIpc) is 2.60. The summed E-state index contributed by atoms with van der Waals surface area (Å²) in [5, 5.41) is 6.33. The zero-order chi connectivity index (χ0) is 17.4. The summed E-state index contributed by atoms with van der Waals surface area (Å²) in [7, 11) is 1.78. The zero-order valence-electron chi connectivity index (χ0n) is 14.2. The lowest BCUT2D eigenvalue weighted by Crippen LogP contribution is -2.25. The van der Waals surface area contributed by atoms with Gasteiger partial charge >= 0.3 is 5.97 Å². The van der Waals surface area contributed by atoms with E-state index in [2.05, 4.69) is 36.5 Å². The number of esters is 1. The molecule has 134 valence electrons. The molecule has 0 unspecified atom stereocenters. The summed E-state index contributed by atoms with van der Waals surface area (Å²) >= 11 is 3.33. The summed E-state index contributed by atoms with van der Waals surface area (Å²) in [6, 6.07) is 0. The van der Waals surface area contributed by atoms with Crippen LogP contribution < -0.4 is 10.6 Å². The first kappa shape index (κ1) is 18.9. The van der Waals surface area contributed by atoms with E-state index in [1.165, 1.54) is 0 Å². The Morgan fingerprint density at radius 3 is 2.71 bits per heavy atom. The Hall–Kier alpha value is -1.41. The van der Waals surface area contributed by atoms with Gasteiger partial charge in [0, 0.05) is 13.7 Å². The van der Waals surface area contributed by atoms with Crippen molar-refractivity contribution < 1.29 is 14.3 Å². The number of methoxy groups -OCH3 is 1. The Kier molecular flexibility index (Phi) is 7.71. The zero-order valence-corrected chi connectivity index (χ0v) is 15.8. The predicted octanol–water partition coefficient (Wildman–Crippen LogP) is 2.83. The Labute approximate surface area is 151 Å². The highest BCUT2D eigenvalue weighted by Crippen LogP contribution is 2.27. The fraction of sp³-hybridized carbons (Fsp3) is 0.688. The molecule has 0 spiro atoms. The molecule has 0 radical (unpaired) electrons. The standard InChI is InChI=1S/C16H25BrN4O3/c1-3-24-14(22)10-20-15-16(21-13(17)9-19-15)18-8-11-4-6-12(23-2)7-5-11/h9,11-12H,3-8,10H2,1-2H3,(H,18,21)(H,19,20). The Balaban J connectivity index is 1.89. The summed E-state index contributed by atoms with van der Waals surface area (Å²) in [6.07, 6.45) is 6.47. The number of hydrogen-bond acceptors (Lipinski definition) is 7. The number of anilines is 2. The number of rotatable bonds is 8. The highest BCUT2D eigenvalue weighted by Gasteiger charge is 2.21. The first-order valence-electron chi connectivity index (χ1n) is 8.31. The van der Waals surface area contributed by atoms with Crippen molar-refractivity contribution in [3.05, 3.63) is 10.8 Å². The molecule has 7 nitrogen and oxygen atoms in total. The van der Waals surface area contributed by atoms with Gasteiger partial charge in [-0.25, -0.2) is 9.97 Å². The summed E-state index contributed by atoms with van der Waals surface area (Å²) in [6.45, 7) is 3.04. The molecule has 0 aliphatic heterocycles. The molecule has 0 aromatic carbocycles. The van der Waals surface area contributed by atoms with Crippen LogP contribution in [0, 0.1) is 5.92 Å². The van der Waals surface area contributed by atoms with Crippen LogP contribution in [0.5, 0.6) is 0 Å². The number of nitrogens with one attached hydrogen (secondary N) is 2. The topological polar surface area (TPSA) is 85.4 Å². The fourth-order valence-corrected chi connectivity index (χ4v) is 3.08. The van der Waals surface area contributed by atoms with E-state index in [1.54, 1.807) is 20.2 Å². The van der Waals surface area contributed by atoms with E-state index in [1.807, 2.05) is 0 Å². The molecule has 1 aromatic rings. The molecule has 0 saturated heterocycles. The molecular weight excluding hydrogens is 376 g/mol. The van der Waals surface area contributed by atoms with E-state index in [4.69, 9.17) is 9.47 Å². The van der Waals surface area contributed by atoms with Gasteiger partial charge in [0.15, 0.2) is 11.6 Å². The van der Waals surface area contributed by atoms with Crippen molar-refractivity contribution in [2.75, 3.05) is 37.4 Å². The molecule has 0 bridgehead atoms. The number of aromatic nitrogens is 2. The molecule has 8 heteroatoms. The average molecular weight is 401 g/mol. The number of nitrogens with zero attached hydrogens (tertiary/aromatic N) is 2. The number of hydrogen-bond donors (Lipinski definition) is 2. The van der Waals surface area contributed by atoms with Crippen molar-refractivity contribution in [3.8, 4) is 0 Å². The molecule has 2 rings (SSSR count). The van der Waals surface area contributed by atoms with Crippen molar-refractivity contribution in [2.45, 2.75) is 38.7 Å². The van der Waals surface area contributed by atoms with Crippen molar-refractivity contribution >= 4 is 33.5 Å². The second-order valence-electron chi connectivity index (χ2n) is 5.81. The monoisotopic (exact) mass is 400 g/mol. The lowest BCUT2D eigenvalue weighted by atomic mass is 9.87. The van der Waals surface area contributed by atoms with Crippen LogP contribution in [-0.4, -0.2) is 48.8 Å². The number of carbonyl (C=O) groups is 1. The van der Waals surface area contributed by atoms with Crippen molar-refractivity contribution in [1.29, 1.82) is 0 Å². The van der Waals surface area contributed by atoms with E-state index in [0.29, 0.717) is 34.9 Å². The van der Waals surface area contributed by atoms with Crippen molar-refractivity contribution in [3.63, 3.8) is 0 Å². The van der Waals surface area contributed by atoms with Crippen LogP contribution in [0.15, 0.2) is 10.8 Å². The van der Waals surface area contributed by atoms with E-state index >= 15 is 0 Å². The summed E-state index contributed by atoms with van der Waals surface area (Å²) < 4.78 is 11.0. The molecule has 1 saturated carbocycles. The molecule has 1 aliphatic rings. The van der Waals surface area contributed by atoms with E-state index in [-0.39, 0.29) is 12.5 Å². The number of ether oxygens (including phenoxy) is 2. The summed E-state index contributed by atoms with van der Waals surface area (Å²) in [4.78, 5) is 20.2. The first-order chi connectivity index (χ1) is 11.6. The minimum Gasteiger partial charge on any atom is -0.465 e. The van der Waals surface area contributed by atoms with Gasteiger partial charge in [-0.3, -0.25) is 4.79 Å². The van der Waals surface area contributed by atoms with Gasteiger partial charge < -0.3 is 20.1 Å². The van der Waals surface area contributed by atoms with E-state index in [0.717, 1.165) is 32.2 Å². The largest absolute Gasteiger partial charge is 0.465 e. The van der Waals surface area contributed by atoms with Crippen LogP contribution in [0.2, 0.25) is 0 Å². The van der Waals surface area contributed by atoms with Gasteiger partial charge in [0.25, 0.3) is 0 Å². The molecule has 1 fully saturated rings. The number of carbonyl (C=O) groups excluding carboxylic acids is 1. The number of halogens is 1. The Bertz CT molecular complexity index is 536. The quantitative estimate of drug-likeness (QED) is 0.648. The highest BCUT2D eigenvalue weighted by atomic mass is 79.9. The van der Waals surface area contributed by atoms with Crippen LogP contribution in [0.4, 0.5) is 11.6 Å². The SMILES string of the molecule is CCOC(=O)CNc1ncc(Br)nc1NCC1CCC(OC)CC1. The molecule has 2 N–H and O–H groups in total. The maximum Gasteiger partial charge on any atom is 0.325 e. The lowest BCUT2D eigenvalue weighted by molar-refractivity contribution is -0.140. The third-order valence-corrected chi connectivity index (χ3v) is 4.52. The first-order valence-corrected chi connectivity index (χ1v) is 9.10. The van der Waals surface area contributed by atoms with Gasteiger partial charge in [-0.15, -0.1) is 0 Å². The Morgan fingerprint density at radius 1 is 1.29 bits per heavy atom. The van der Waals surface area contributed by atoms with Gasteiger partial charge in [0.05, 0.1) is 18.9 Å². The van der Waals surface area contributed by atoms with Crippen LogP contribution in [-0.2, 0) is 14.3 Å². The van der Waals surface area contributed by atoms with Gasteiger partial charge in [-0.2, -0.15) is 0 Å². The maximum absolute atomic E-state index is 11.5. The van der Waals surface area contributed by atoms with Crippen LogP contribution in [0.1, 0.15) is 32.6 Å². The minimum atomic E-state index is -0.314. The fourth-order valence-electron chi connectivity index (χ4n) is 2.80. The third kappa shape index (κ3) is 5.90. The predicted molar refractivity (Wildman–Crippen MR) is 96.1 cm³/mol. The van der Waals surface area contributed by atoms with Gasteiger partial charge in [0.1, 0.15) is 11.1 Å². The smallest absolute Gasteiger partial charge is 0.325 e. The molecule has 1 aliphatic carbocycles. The van der Waals surface area contributed by atoms with E-state index < -0.39 is 0 Å². The Morgan fingerprint density at radius 2 is 2.04 bits per heavy atom. The normalized spacial score (nSPS) is 20.5. The van der Waals surface area contributed by atoms with Gasteiger partial charge in [0.2, 0.25) is 0 Å². The molecule has 1 aromatic heterocycles. The van der Waals surface area contributed by atoms with Gasteiger partial charge in [-0.1, -0.05) is 0 Å². The van der Waals surface area contributed by atoms with Gasteiger partial charge in [-0.05, 0) is 54.5 Å².